The minimum atomic E-state index is -4.45. The minimum absolute atomic E-state index is 0.161. The molecule has 0 fully saturated rings. The van der Waals surface area contributed by atoms with Gasteiger partial charge in [-0.25, -0.2) is 0 Å². The monoisotopic (exact) mass is 429 g/mol. The van der Waals surface area contributed by atoms with E-state index in [0.717, 1.165) is 16.6 Å². The van der Waals surface area contributed by atoms with Crippen molar-refractivity contribution in [3.63, 3.8) is 0 Å². The molecule has 0 unspecified atom stereocenters. The lowest BCUT2D eigenvalue weighted by molar-refractivity contribution is -0.137. The molecule has 0 saturated heterocycles. The Morgan fingerprint density at radius 3 is 2.27 bits per heavy atom. The molecule has 3 N–H and O–H groups in total. The average molecular weight is 430 g/mol. The van der Waals surface area contributed by atoms with Gasteiger partial charge >= 0.3 is 6.18 Å². The van der Waals surface area contributed by atoms with Crippen molar-refractivity contribution in [3.8, 4) is 0 Å². The zero-order valence-corrected chi connectivity index (χ0v) is 14.9. The number of benzene rings is 2. The Morgan fingerprint density at radius 2 is 1.62 bits per heavy atom. The molecule has 0 bridgehead atoms. The second-order valence-electron chi connectivity index (χ2n) is 5.26. The van der Waals surface area contributed by atoms with Crippen molar-refractivity contribution >= 4 is 39.1 Å². The van der Waals surface area contributed by atoms with Gasteiger partial charge in [0, 0.05) is 15.8 Å². The third-order valence-electron chi connectivity index (χ3n) is 3.22. The van der Waals surface area contributed by atoms with Crippen LogP contribution in [-0.4, -0.2) is 24.9 Å². The largest absolute Gasteiger partial charge is 0.416 e. The van der Waals surface area contributed by atoms with E-state index in [0.29, 0.717) is 5.69 Å². The van der Waals surface area contributed by atoms with Crippen molar-refractivity contribution in [3.05, 3.63) is 58.6 Å². The second-order valence-corrected chi connectivity index (χ2v) is 6.18. The number of hydrogen-bond donors (Lipinski definition) is 3. The molecule has 0 aromatic heterocycles. The Bertz CT molecular complexity index is 780. The maximum absolute atomic E-state index is 12.6. The lowest BCUT2D eigenvalue weighted by atomic mass is 10.2. The maximum atomic E-state index is 12.6. The van der Waals surface area contributed by atoms with E-state index in [4.69, 9.17) is 0 Å². The van der Waals surface area contributed by atoms with Gasteiger partial charge < -0.3 is 16.0 Å². The molecule has 0 aliphatic carbocycles. The van der Waals surface area contributed by atoms with E-state index >= 15 is 0 Å². The molecule has 26 heavy (non-hydrogen) atoms. The Morgan fingerprint density at radius 1 is 0.923 bits per heavy atom. The van der Waals surface area contributed by atoms with Crippen LogP contribution < -0.4 is 16.0 Å². The second kappa shape index (κ2) is 8.70. The van der Waals surface area contributed by atoms with E-state index in [9.17, 15) is 22.8 Å². The number of nitrogens with one attached hydrogen (secondary N) is 3. The molecular formula is C17H15BrF3N3O2. The molecule has 9 heteroatoms. The molecule has 0 radical (unpaired) electrons. The molecule has 2 rings (SSSR count). The Labute approximate surface area is 156 Å². The van der Waals surface area contributed by atoms with E-state index in [1.165, 1.54) is 12.1 Å². The summed E-state index contributed by atoms with van der Waals surface area (Å²) >= 11 is 3.27. The molecule has 2 aromatic carbocycles. The quantitative estimate of drug-likeness (QED) is 0.656. The van der Waals surface area contributed by atoms with Crippen LogP contribution in [0.1, 0.15) is 5.56 Å². The smallest absolute Gasteiger partial charge is 0.376 e. The highest BCUT2D eigenvalue weighted by Gasteiger charge is 2.30. The first-order valence-electron chi connectivity index (χ1n) is 7.47. The SMILES string of the molecule is O=C(CNc1cccc(C(F)(F)F)c1)NCC(=O)Nc1ccc(Br)cc1. The molecule has 2 aromatic rings. The highest BCUT2D eigenvalue weighted by Crippen LogP contribution is 2.30. The van der Waals surface area contributed by atoms with Gasteiger partial charge in [0.2, 0.25) is 11.8 Å². The molecule has 0 aliphatic heterocycles. The molecule has 0 heterocycles. The van der Waals surface area contributed by atoms with Crippen molar-refractivity contribution in [1.29, 1.82) is 0 Å². The highest BCUT2D eigenvalue weighted by molar-refractivity contribution is 9.10. The van der Waals surface area contributed by atoms with Gasteiger partial charge in [0.1, 0.15) is 0 Å². The van der Waals surface area contributed by atoms with Crippen LogP contribution in [0.2, 0.25) is 0 Å². The summed E-state index contributed by atoms with van der Waals surface area (Å²) < 4.78 is 38.7. The first kappa shape index (κ1) is 19.8. The van der Waals surface area contributed by atoms with Gasteiger partial charge in [0.05, 0.1) is 18.7 Å². The molecule has 138 valence electrons. The fourth-order valence-electron chi connectivity index (χ4n) is 1.97. The third-order valence-corrected chi connectivity index (χ3v) is 3.75. The summed E-state index contributed by atoms with van der Waals surface area (Å²) in [7, 11) is 0. The lowest BCUT2D eigenvalue weighted by Gasteiger charge is -2.11. The van der Waals surface area contributed by atoms with Gasteiger partial charge in [-0.05, 0) is 42.5 Å². The van der Waals surface area contributed by atoms with Crippen LogP contribution >= 0.6 is 15.9 Å². The van der Waals surface area contributed by atoms with Gasteiger partial charge in [0.25, 0.3) is 0 Å². The van der Waals surface area contributed by atoms with Gasteiger partial charge in [-0.15, -0.1) is 0 Å². The number of anilines is 2. The predicted octanol–water partition coefficient (Wildman–Crippen LogP) is 3.63. The van der Waals surface area contributed by atoms with Gasteiger partial charge in [-0.3, -0.25) is 9.59 Å². The van der Waals surface area contributed by atoms with Crippen molar-refractivity contribution < 1.29 is 22.8 Å². The van der Waals surface area contributed by atoms with Crippen LogP contribution in [0.15, 0.2) is 53.0 Å². The van der Waals surface area contributed by atoms with Crippen LogP contribution in [0, 0.1) is 0 Å². The van der Waals surface area contributed by atoms with Gasteiger partial charge in [-0.1, -0.05) is 22.0 Å². The standard InChI is InChI=1S/C17H15BrF3N3O2/c18-12-4-6-13(7-5-12)24-16(26)10-23-15(25)9-22-14-3-1-2-11(8-14)17(19,20)21/h1-8,22H,9-10H2,(H,23,25)(H,24,26). The van der Waals surface area contributed by atoms with Crippen LogP contribution in [-0.2, 0) is 15.8 Å². The summed E-state index contributed by atoms with van der Waals surface area (Å²) in [4.78, 5) is 23.5. The lowest BCUT2D eigenvalue weighted by Crippen LogP contribution is -2.36. The zero-order valence-electron chi connectivity index (χ0n) is 13.4. The fourth-order valence-corrected chi connectivity index (χ4v) is 2.23. The molecule has 0 spiro atoms. The summed E-state index contributed by atoms with van der Waals surface area (Å²) in [5.74, 6) is -0.937. The van der Waals surface area contributed by atoms with Crippen LogP contribution in [0.4, 0.5) is 24.5 Å². The van der Waals surface area contributed by atoms with Crippen molar-refractivity contribution in [2.45, 2.75) is 6.18 Å². The number of halogens is 4. The molecule has 5 nitrogen and oxygen atoms in total. The first-order chi connectivity index (χ1) is 12.2. The molecule has 0 atom stereocenters. The topological polar surface area (TPSA) is 70.2 Å². The molecule has 2 amide bonds. The van der Waals surface area contributed by atoms with Crippen molar-refractivity contribution in [1.82, 2.24) is 5.32 Å². The van der Waals surface area contributed by atoms with E-state index in [-0.39, 0.29) is 18.8 Å². The number of amides is 2. The summed E-state index contributed by atoms with van der Waals surface area (Å²) in [5, 5.41) is 7.57. The first-order valence-corrected chi connectivity index (χ1v) is 8.26. The number of carbonyl (C=O) groups is 2. The van der Waals surface area contributed by atoms with Crippen LogP contribution in [0.3, 0.4) is 0 Å². The third kappa shape index (κ3) is 6.40. The fraction of sp³-hybridized carbons (Fsp3) is 0.176. The van der Waals surface area contributed by atoms with Crippen LogP contribution in [0.25, 0.3) is 0 Å². The van der Waals surface area contributed by atoms with E-state index in [1.807, 2.05) is 0 Å². The number of alkyl halides is 3. The van der Waals surface area contributed by atoms with Crippen molar-refractivity contribution in [2.24, 2.45) is 0 Å². The summed E-state index contributed by atoms with van der Waals surface area (Å²) in [5.41, 5.74) is -0.0689. The summed E-state index contributed by atoms with van der Waals surface area (Å²) in [6, 6.07) is 11.4. The zero-order chi connectivity index (χ0) is 19.2. The Hall–Kier alpha value is -2.55. The summed E-state index contributed by atoms with van der Waals surface area (Å²) in [6.07, 6.45) is -4.45. The van der Waals surface area contributed by atoms with E-state index in [1.54, 1.807) is 24.3 Å². The number of carbonyl (C=O) groups excluding carboxylic acids is 2. The summed E-state index contributed by atoms with van der Waals surface area (Å²) in [6.45, 7) is -0.508. The van der Waals surface area contributed by atoms with Gasteiger partial charge in [-0.2, -0.15) is 13.2 Å². The van der Waals surface area contributed by atoms with Gasteiger partial charge in [0.15, 0.2) is 0 Å². The maximum Gasteiger partial charge on any atom is 0.416 e. The molecular weight excluding hydrogens is 415 g/mol. The van der Waals surface area contributed by atoms with Crippen LogP contribution in [0.5, 0.6) is 0 Å². The average Bonchev–Trinajstić information content (AvgIpc) is 2.60. The number of rotatable bonds is 6. The predicted molar refractivity (Wildman–Crippen MR) is 95.7 cm³/mol. The minimum Gasteiger partial charge on any atom is -0.376 e. The Kier molecular flexibility index (Phi) is 6.62. The normalized spacial score (nSPS) is 10.9. The Balaban J connectivity index is 1.77. The number of hydrogen-bond acceptors (Lipinski definition) is 3. The molecule has 0 aliphatic rings. The highest BCUT2D eigenvalue weighted by atomic mass is 79.9. The van der Waals surface area contributed by atoms with Crippen molar-refractivity contribution in [2.75, 3.05) is 23.7 Å². The molecule has 0 saturated carbocycles. The van der Waals surface area contributed by atoms with E-state index in [2.05, 4.69) is 31.9 Å². The van der Waals surface area contributed by atoms with E-state index < -0.39 is 23.6 Å².